The summed E-state index contributed by atoms with van der Waals surface area (Å²) >= 11 is 7.34. The van der Waals surface area contributed by atoms with E-state index in [4.69, 9.17) is 17.3 Å². The molecule has 20 heavy (non-hydrogen) atoms. The molecule has 8 heteroatoms. The first-order chi connectivity index (χ1) is 9.44. The number of rotatable bonds is 5. The lowest BCUT2D eigenvalue weighted by Gasteiger charge is -2.12. The number of nitrogens with zero attached hydrogens (tertiary/aromatic N) is 1. The monoisotopic (exact) mass is 331 g/mol. The van der Waals surface area contributed by atoms with Crippen molar-refractivity contribution in [3.8, 4) is 0 Å². The minimum atomic E-state index is -3.65. The predicted molar refractivity (Wildman–Crippen MR) is 80.2 cm³/mol. The molecule has 0 aliphatic carbocycles. The largest absolute Gasteiger partial charge is 0.326 e. The van der Waals surface area contributed by atoms with E-state index in [1.54, 1.807) is 24.6 Å². The van der Waals surface area contributed by atoms with Gasteiger partial charge in [-0.3, -0.25) is 0 Å². The van der Waals surface area contributed by atoms with Crippen LogP contribution in [0.4, 0.5) is 0 Å². The highest BCUT2D eigenvalue weighted by atomic mass is 35.5. The maximum absolute atomic E-state index is 12.3. The van der Waals surface area contributed by atoms with Gasteiger partial charge in [0, 0.05) is 23.1 Å². The second kappa shape index (κ2) is 6.19. The molecule has 0 aliphatic heterocycles. The van der Waals surface area contributed by atoms with Crippen molar-refractivity contribution in [2.24, 2.45) is 5.73 Å². The number of halogens is 1. The Morgan fingerprint density at radius 1 is 1.45 bits per heavy atom. The normalized spacial score (nSPS) is 11.8. The maximum atomic E-state index is 12.3. The van der Waals surface area contributed by atoms with E-state index in [1.807, 2.05) is 0 Å². The molecule has 0 saturated carbocycles. The first kappa shape index (κ1) is 15.4. The van der Waals surface area contributed by atoms with Crippen molar-refractivity contribution < 1.29 is 8.42 Å². The van der Waals surface area contributed by atoms with E-state index in [0.717, 1.165) is 0 Å². The van der Waals surface area contributed by atoms with Crippen molar-refractivity contribution in [1.82, 2.24) is 9.71 Å². The van der Waals surface area contributed by atoms with Gasteiger partial charge in [0.05, 0.1) is 11.4 Å². The van der Waals surface area contributed by atoms with Crippen LogP contribution in [0.5, 0.6) is 0 Å². The Kier molecular flexibility index (Phi) is 4.77. The third-order valence-electron chi connectivity index (χ3n) is 2.84. The van der Waals surface area contributed by atoms with Crippen LogP contribution in [0, 0.1) is 6.92 Å². The van der Waals surface area contributed by atoms with Gasteiger partial charge in [-0.25, -0.2) is 18.1 Å². The molecular weight excluding hydrogens is 318 g/mol. The molecule has 0 spiro atoms. The summed E-state index contributed by atoms with van der Waals surface area (Å²) in [6.07, 6.45) is 1.63. The van der Waals surface area contributed by atoms with Crippen LogP contribution < -0.4 is 10.5 Å². The van der Waals surface area contributed by atoms with Gasteiger partial charge in [0.15, 0.2) is 0 Å². The average Bonchev–Trinajstić information content (AvgIpc) is 2.92. The molecule has 0 amide bonds. The molecule has 0 unspecified atom stereocenters. The molecule has 0 atom stereocenters. The Labute approximate surface area is 126 Å². The number of hydrogen-bond acceptors (Lipinski definition) is 5. The zero-order valence-electron chi connectivity index (χ0n) is 10.8. The fraction of sp³-hybridized carbons (Fsp3) is 0.250. The second-order valence-electron chi connectivity index (χ2n) is 4.14. The number of benzene rings is 1. The highest BCUT2D eigenvalue weighted by Crippen LogP contribution is 2.24. The van der Waals surface area contributed by atoms with Crippen LogP contribution >= 0.6 is 22.9 Å². The van der Waals surface area contributed by atoms with Gasteiger partial charge in [-0.15, -0.1) is 11.3 Å². The molecule has 1 heterocycles. The number of sulfonamides is 1. The van der Waals surface area contributed by atoms with Gasteiger partial charge in [-0.1, -0.05) is 11.6 Å². The summed E-state index contributed by atoms with van der Waals surface area (Å²) in [4.78, 5) is 4.19. The molecule has 2 aromatic rings. The molecule has 5 nitrogen and oxygen atoms in total. The highest BCUT2D eigenvalue weighted by molar-refractivity contribution is 7.89. The number of nitrogens with one attached hydrogen (secondary N) is 1. The van der Waals surface area contributed by atoms with Crippen LogP contribution in [0.1, 0.15) is 16.1 Å². The van der Waals surface area contributed by atoms with Gasteiger partial charge >= 0.3 is 0 Å². The van der Waals surface area contributed by atoms with E-state index in [9.17, 15) is 8.42 Å². The number of thiazole rings is 1. The quantitative estimate of drug-likeness (QED) is 0.878. The first-order valence-electron chi connectivity index (χ1n) is 5.81. The van der Waals surface area contributed by atoms with Crippen LogP contribution in [0.3, 0.4) is 0 Å². The van der Waals surface area contributed by atoms with Crippen LogP contribution in [-0.4, -0.2) is 13.4 Å². The molecule has 0 saturated heterocycles. The molecule has 0 fully saturated rings. The molecular formula is C12H14ClN3O2S2. The summed E-state index contributed by atoms with van der Waals surface area (Å²) in [7, 11) is -3.65. The van der Waals surface area contributed by atoms with E-state index in [-0.39, 0.29) is 18.0 Å². The lowest BCUT2D eigenvalue weighted by molar-refractivity contribution is 0.580. The Hall–Kier alpha value is -0.990. The SMILES string of the molecule is Cc1c(CN)cc(Cl)cc1S(=O)(=O)NCc1nccs1. The molecule has 3 N–H and O–H groups in total. The van der Waals surface area contributed by atoms with E-state index in [2.05, 4.69) is 9.71 Å². The Bertz CT molecular complexity index is 700. The second-order valence-corrected chi connectivity index (χ2v) is 7.29. The Morgan fingerprint density at radius 3 is 2.80 bits per heavy atom. The van der Waals surface area contributed by atoms with Crippen molar-refractivity contribution in [3.63, 3.8) is 0 Å². The van der Waals surface area contributed by atoms with Gasteiger partial charge < -0.3 is 5.73 Å². The zero-order valence-corrected chi connectivity index (χ0v) is 13.1. The van der Waals surface area contributed by atoms with E-state index in [1.165, 1.54) is 17.4 Å². The van der Waals surface area contributed by atoms with Crippen molar-refractivity contribution in [1.29, 1.82) is 0 Å². The zero-order chi connectivity index (χ0) is 14.8. The van der Waals surface area contributed by atoms with E-state index in [0.29, 0.717) is 21.2 Å². The maximum Gasteiger partial charge on any atom is 0.241 e. The van der Waals surface area contributed by atoms with E-state index >= 15 is 0 Å². The van der Waals surface area contributed by atoms with Gasteiger partial charge in [-0.05, 0) is 30.2 Å². The number of nitrogens with two attached hydrogens (primary N) is 1. The standard InChI is InChI=1S/C12H14ClN3O2S2/c1-8-9(6-14)4-10(13)5-11(8)20(17,18)16-7-12-15-2-3-19-12/h2-5,16H,6-7,14H2,1H3. The summed E-state index contributed by atoms with van der Waals surface area (Å²) in [5.41, 5.74) is 6.93. The summed E-state index contributed by atoms with van der Waals surface area (Å²) < 4.78 is 27.2. The predicted octanol–water partition coefficient (Wildman–Crippen LogP) is 2.04. The Balaban J connectivity index is 2.31. The summed E-state index contributed by atoms with van der Waals surface area (Å²) in [5.74, 6) is 0. The molecule has 0 radical (unpaired) electrons. The van der Waals surface area contributed by atoms with E-state index < -0.39 is 10.0 Å². The molecule has 0 aliphatic rings. The fourth-order valence-electron chi connectivity index (χ4n) is 1.77. The molecule has 108 valence electrons. The molecule has 1 aromatic carbocycles. The first-order valence-corrected chi connectivity index (χ1v) is 8.55. The third-order valence-corrected chi connectivity index (χ3v) is 5.36. The lowest BCUT2D eigenvalue weighted by atomic mass is 10.1. The molecule has 0 bridgehead atoms. The van der Waals surface area contributed by atoms with Crippen molar-refractivity contribution in [2.75, 3.05) is 0 Å². The Morgan fingerprint density at radius 2 is 2.20 bits per heavy atom. The van der Waals surface area contributed by atoms with Gasteiger partial charge in [0.1, 0.15) is 5.01 Å². The van der Waals surface area contributed by atoms with Gasteiger partial charge in [0.25, 0.3) is 0 Å². The summed E-state index contributed by atoms with van der Waals surface area (Å²) in [6.45, 7) is 2.11. The van der Waals surface area contributed by atoms with Crippen molar-refractivity contribution in [3.05, 3.63) is 44.9 Å². The minimum absolute atomic E-state index is 0.155. The number of aromatic nitrogens is 1. The molecule has 1 aromatic heterocycles. The average molecular weight is 332 g/mol. The van der Waals surface area contributed by atoms with Crippen LogP contribution in [0.15, 0.2) is 28.6 Å². The third kappa shape index (κ3) is 3.36. The van der Waals surface area contributed by atoms with Crippen LogP contribution in [0.2, 0.25) is 5.02 Å². The fourth-order valence-corrected chi connectivity index (χ4v) is 4.03. The van der Waals surface area contributed by atoms with Crippen LogP contribution in [0.25, 0.3) is 0 Å². The van der Waals surface area contributed by atoms with Crippen molar-refractivity contribution in [2.45, 2.75) is 24.9 Å². The van der Waals surface area contributed by atoms with Crippen LogP contribution in [-0.2, 0) is 23.1 Å². The van der Waals surface area contributed by atoms with Crippen molar-refractivity contribution >= 4 is 33.0 Å². The lowest BCUT2D eigenvalue weighted by Crippen LogP contribution is -2.24. The van der Waals surface area contributed by atoms with Gasteiger partial charge in [-0.2, -0.15) is 0 Å². The number of hydrogen-bond donors (Lipinski definition) is 2. The minimum Gasteiger partial charge on any atom is -0.326 e. The smallest absolute Gasteiger partial charge is 0.241 e. The van der Waals surface area contributed by atoms with Gasteiger partial charge in [0.2, 0.25) is 10.0 Å². The summed E-state index contributed by atoms with van der Waals surface area (Å²) in [5, 5.41) is 2.85. The topological polar surface area (TPSA) is 85.1 Å². The summed E-state index contributed by atoms with van der Waals surface area (Å²) in [6, 6.07) is 3.11. The highest BCUT2D eigenvalue weighted by Gasteiger charge is 2.19. The molecule has 2 rings (SSSR count).